The third-order valence-electron chi connectivity index (χ3n) is 2.58. The van der Waals surface area contributed by atoms with Gasteiger partial charge in [-0.1, -0.05) is 27.5 Å². The van der Waals surface area contributed by atoms with Crippen molar-refractivity contribution in [2.24, 2.45) is 0 Å². The minimum atomic E-state index is -0.328. The second-order valence-electron chi connectivity index (χ2n) is 3.89. The molecule has 0 aromatic heterocycles. The van der Waals surface area contributed by atoms with Crippen molar-refractivity contribution in [2.45, 2.75) is 6.54 Å². The summed E-state index contributed by atoms with van der Waals surface area (Å²) >= 11 is 9.16. The number of halogens is 3. The molecule has 0 saturated heterocycles. The number of hydrogen-bond donors (Lipinski definition) is 1. The van der Waals surface area contributed by atoms with Gasteiger partial charge in [-0.2, -0.15) is 5.26 Å². The van der Waals surface area contributed by atoms with Crippen molar-refractivity contribution in [3.05, 3.63) is 62.8 Å². The summed E-state index contributed by atoms with van der Waals surface area (Å²) in [6, 6.07) is 11.7. The van der Waals surface area contributed by atoms with E-state index < -0.39 is 0 Å². The van der Waals surface area contributed by atoms with Crippen LogP contribution in [-0.2, 0) is 6.54 Å². The largest absolute Gasteiger partial charge is 0.380 e. The Morgan fingerprint density at radius 3 is 2.79 bits per heavy atom. The molecule has 1 N–H and O–H groups in total. The Morgan fingerprint density at radius 1 is 1.26 bits per heavy atom. The molecule has 0 fully saturated rings. The molecule has 2 aromatic carbocycles. The van der Waals surface area contributed by atoms with Crippen LogP contribution < -0.4 is 5.32 Å². The van der Waals surface area contributed by atoms with E-state index in [1.165, 1.54) is 12.1 Å². The fourth-order valence-electron chi connectivity index (χ4n) is 1.63. The van der Waals surface area contributed by atoms with E-state index in [-0.39, 0.29) is 12.4 Å². The molecule has 0 unspecified atom stereocenters. The average Bonchev–Trinajstić information content (AvgIpc) is 2.40. The summed E-state index contributed by atoms with van der Waals surface area (Å²) in [4.78, 5) is 0. The Hall–Kier alpha value is -1.57. The van der Waals surface area contributed by atoms with Crippen LogP contribution in [0.4, 0.5) is 10.1 Å². The number of hydrogen-bond acceptors (Lipinski definition) is 2. The molecular formula is C14H9BrClFN2. The number of nitriles is 1. The van der Waals surface area contributed by atoms with Crippen LogP contribution in [0.1, 0.15) is 11.1 Å². The maximum absolute atomic E-state index is 13.6. The summed E-state index contributed by atoms with van der Waals surface area (Å²) < 4.78 is 14.4. The molecule has 96 valence electrons. The summed E-state index contributed by atoms with van der Waals surface area (Å²) in [6.07, 6.45) is 0. The molecule has 0 aliphatic carbocycles. The zero-order chi connectivity index (χ0) is 13.8. The molecule has 0 saturated carbocycles. The van der Waals surface area contributed by atoms with Crippen LogP contribution in [0.15, 0.2) is 40.9 Å². The third kappa shape index (κ3) is 3.46. The Balaban J connectivity index is 2.21. The number of rotatable bonds is 3. The second kappa shape index (κ2) is 6.05. The van der Waals surface area contributed by atoms with Crippen LogP contribution in [0.25, 0.3) is 0 Å². The molecule has 19 heavy (non-hydrogen) atoms. The third-order valence-corrected chi connectivity index (χ3v) is 3.31. The fraction of sp³-hybridized carbons (Fsp3) is 0.0714. The zero-order valence-electron chi connectivity index (χ0n) is 9.75. The monoisotopic (exact) mass is 338 g/mol. The maximum Gasteiger partial charge on any atom is 0.128 e. The van der Waals surface area contributed by atoms with E-state index in [2.05, 4.69) is 27.3 Å². The van der Waals surface area contributed by atoms with Crippen molar-refractivity contribution in [2.75, 3.05) is 5.32 Å². The summed E-state index contributed by atoms with van der Waals surface area (Å²) in [5, 5.41) is 12.5. The van der Waals surface area contributed by atoms with Crippen LogP contribution in [0.2, 0.25) is 5.02 Å². The van der Waals surface area contributed by atoms with Gasteiger partial charge >= 0.3 is 0 Å². The quantitative estimate of drug-likeness (QED) is 0.878. The van der Waals surface area contributed by atoms with Gasteiger partial charge in [0.2, 0.25) is 0 Å². The van der Waals surface area contributed by atoms with Crippen molar-refractivity contribution in [3.8, 4) is 6.07 Å². The topological polar surface area (TPSA) is 35.8 Å². The lowest BCUT2D eigenvalue weighted by Crippen LogP contribution is -2.03. The van der Waals surface area contributed by atoms with E-state index in [1.807, 2.05) is 0 Å². The molecule has 0 amide bonds. The number of benzene rings is 2. The zero-order valence-corrected chi connectivity index (χ0v) is 12.1. The highest BCUT2D eigenvalue weighted by atomic mass is 79.9. The Labute approximate surface area is 123 Å². The minimum absolute atomic E-state index is 0.261. The molecule has 0 spiro atoms. The van der Waals surface area contributed by atoms with E-state index in [1.54, 1.807) is 24.3 Å². The van der Waals surface area contributed by atoms with Crippen molar-refractivity contribution in [1.29, 1.82) is 5.26 Å². The van der Waals surface area contributed by atoms with Crippen LogP contribution in [-0.4, -0.2) is 0 Å². The molecule has 0 radical (unpaired) electrons. The predicted molar refractivity (Wildman–Crippen MR) is 77.6 cm³/mol. The lowest BCUT2D eigenvalue weighted by molar-refractivity contribution is 0.613. The van der Waals surface area contributed by atoms with Gasteiger partial charge in [-0.3, -0.25) is 0 Å². The van der Waals surface area contributed by atoms with E-state index >= 15 is 0 Å². The average molecular weight is 340 g/mol. The molecule has 2 nitrogen and oxygen atoms in total. The normalized spacial score (nSPS) is 10.0. The maximum atomic E-state index is 13.6. The smallest absolute Gasteiger partial charge is 0.128 e. The number of anilines is 1. The Bertz CT molecular complexity index is 652. The van der Waals surface area contributed by atoms with Crippen LogP contribution >= 0.6 is 27.5 Å². The molecule has 0 aliphatic rings. The highest BCUT2D eigenvalue weighted by Gasteiger charge is 2.06. The molecule has 0 aliphatic heterocycles. The first-order chi connectivity index (χ1) is 9.10. The van der Waals surface area contributed by atoms with Crippen molar-refractivity contribution < 1.29 is 4.39 Å². The van der Waals surface area contributed by atoms with E-state index in [0.29, 0.717) is 21.8 Å². The van der Waals surface area contributed by atoms with Gasteiger partial charge in [0.1, 0.15) is 11.9 Å². The standard InChI is InChI=1S/C14H9BrClFN2/c15-11-2-1-9(7-18)14(6-11)19-8-10-5-12(16)3-4-13(10)17/h1-6,19H,8H2. The van der Waals surface area contributed by atoms with Crippen LogP contribution in [0, 0.1) is 17.1 Å². The molecule has 2 rings (SSSR count). The van der Waals surface area contributed by atoms with Crippen LogP contribution in [0.5, 0.6) is 0 Å². The van der Waals surface area contributed by atoms with Crippen LogP contribution in [0.3, 0.4) is 0 Å². The van der Waals surface area contributed by atoms with Gasteiger partial charge in [0.05, 0.1) is 11.3 Å². The summed E-state index contributed by atoms with van der Waals surface area (Å²) in [5.41, 5.74) is 1.61. The Morgan fingerprint density at radius 2 is 2.05 bits per heavy atom. The first-order valence-corrected chi connectivity index (χ1v) is 6.64. The molecular weight excluding hydrogens is 331 g/mol. The van der Waals surface area contributed by atoms with Gasteiger partial charge in [0.25, 0.3) is 0 Å². The van der Waals surface area contributed by atoms with E-state index in [0.717, 1.165) is 4.47 Å². The minimum Gasteiger partial charge on any atom is -0.380 e. The van der Waals surface area contributed by atoms with Gasteiger partial charge in [0.15, 0.2) is 0 Å². The van der Waals surface area contributed by atoms with Gasteiger partial charge in [-0.25, -0.2) is 4.39 Å². The molecule has 0 bridgehead atoms. The number of nitrogens with zero attached hydrogens (tertiary/aromatic N) is 1. The van der Waals surface area contributed by atoms with Gasteiger partial charge < -0.3 is 5.32 Å². The van der Waals surface area contributed by atoms with E-state index in [4.69, 9.17) is 16.9 Å². The highest BCUT2D eigenvalue weighted by molar-refractivity contribution is 9.10. The molecule has 5 heteroatoms. The fourth-order valence-corrected chi connectivity index (χ4v) is 2.19. The van der Waals surface area contributed by atoms with Crippen molar-refractivity contribution in [3.63, 3.8) is 0 Å². The molecule has 0 heterocycles. The molecule has 0 atom stereocenters. The second-order valence-corrected chi connectivity index (χ2v) is 5.24. The first-order valence-electron chi connectivity index (χ1n) is 5.47. The molecule has 2 aromatic rings. The predicted octanol–water partition coefficient (Wildman–Crippen LogP) is 4.73. The van der Waals surface area contributed by atoms with Gasteiger partial charge in [0, 0.05) is 21.6 Å². The summed E-state index contributed by atoms with van der Waals surface area (Å²) in [5.74, 6) is -0.328. The lowest BCUT2D eigenvalue weighted by Gasteiger charge is -2.10. The Kier molecular flexibility index (Phi) is 4.41. The van der Waals surface area contributed by atoms with Crippen molar-refractivity contribution >= 4 is 33.2 Å². The van der Waals surface area contributed by atoms with Gasteiger partial charge in [-0.05, 0) is 36.4 Å². The SMILES string of the molecule is N#Cc1ccc(Br)cc1NCc1cc(Cl)ccc1F. The summed E-state index contributed by atoms with van der Waals surface area (Å²) in [6.45, 7) is 0.261. The first kappa shape index (κ1) is 13.9. The van der Waals surface area contributed by atoms with E-state index in [9.17, 15) is 4.39 Å². The summed E-state index contributed by atoms with van der Waals surface area (Å²) in [7, 11) is 0. The highest BCUT2D eigenvalue weighted by Crippen LogP contribution is 2.22. The lowest BCUT2D eigenvalue weighted by atomic mass is 10.1. The number of nitrogens with one attached hydrogen (secondary N) is 1. The van der Waals surface area contributed by atoms with Crippen molar-refractivity contribution in [1.82, 2.24) is 0 Å². The van der Waals surface area contributed by atoms with Gasteiger partial charge in [-0.15, -0.1) is 0 Å².